The maximum atomic E-state index is 10.6. The van der Waals surface area contributed by atoms with Crippen LogP contribution in [0.3, 0.4) is 0 Å². The average molecular weight is 229 g/mol. The van der Waals surface area contributed by atoms with Gasteiger partial charge in [0.25, 0.3) is 0 Å². The summed E-state index contributed by atoms with van der Waals surface area (Å²) in [5.41, 5.74) is -0.189. The van der Waals surface area contributed by atoms with Gasteiger partial charge in [0.2, 0.25) is 0 Å². The van der Waals surface area contributed by atoms with Gasteiger partial charge < -0.3 is 5.11 Å². The maximum Gasteiger partial charge on any atom is 0.346 e. The third-order valence-electron chi connectivity index (χ3n) is 1.68. The number of carbonyl (C=O) groups is 1. The van der Waals surface area contributed by atoms with Gasteiger partial charge in [-0.2, -0.15) is 15.8 Å². The van der Waals surface area contributed by atoms with Gasteiger partial charge in [-0.15, -0.1) is 11.3 Å². The molecule has 0 saturated carbocycles. The van der Waals surface area contributed by atoms with Gasteiger partial charge in [0, 0.05) is 10.3 Å². The zero-order valence-corrected chi connectivity index (χ0v) is 8.58. The van der Waals surface area contributed by atoms with Crippen LogP contribution in [0.5, 0.6) is 0 Å². The lowest BCUT2D eigenvalue weighted by molar-refractivity contribution is -0.132. The Morgan fingerprint density at radius 3 is 2.50 bits per heavy atom. The summed E-state index contributed by atoms with van der Waals surface area (Å²) in [6.45, 7) is 0. The Bertz CT molecular complexity index is 593. The molecule has 0 aliphatic rings. The highest BCUT2D eigenvalue weighted by Gasteiger charge is 2.12. The number of thiophene rings is 1. The highest BCUT2D eigenvalue weighted by Crippen LogP contribution is 2.23. The molecule has 1 heterocycles. The summed E-state index contributed by atoms with van der Waals surface area (Å²) in [6, 6.07) is 5.12. The van der Waals surface area contributed by atoms with E-state index < -0.39 is 11.5 Å². The largest absolute Gasteiger partial charge is 0.477 e. The van der Waals surface area contributed by atoms with Crippen molar-refractivity contribution in [2.45, 2.75) is 0 Å². The van der Waals surface area contributed by atoms with Crippen LogP contribution in [0.15, 0.2) is 11.0 Å². The van der Waals surface area contributed by atoms with E-state index in [-0.39, 0.29) is 11.1 Å². The number of carboxylic acid groups (broad SMARTS) is 1. The van der Waals surface area contributed by atoms with Crippen LogP contribution in [0.1, 0.15) is 16.0 Å². The predicted octanol–water partition coefficient (Wildman–Crippen LogP) is 1.48. The Balaban J connectivity index is 3.34. The summed E-state index contributed by atoms with van der Waals surface area (Å²) in [7, 11) is 0. The third kappa shape index (κ3) is 2.06. The van der Waals surface area contributed by atoms with Crippen LogP contribution in [0, 0.1) is 34.0 Å². The monoisotopic (exact) mass is 229 g/mol. The van der Waals surface area contributed by atoms with Gasteiger partial charge in [0.1, 0.15) is 23.8 Å². The van der Waals surface area contributed by atoms with Crippen LogP contribution >= 0.6 is 11.3 Å². The van der Waals surface area contributed by atoms with Gasteiger partial charge >= 0.3 is 5.97 Å². The van der Waals surface area contributed by atoms with Crippen molar-refractivity contribution in [3.63, 3.8) is 0 Å². The van der Waals surface area contributed by atoms with Crippen LogP contribution < -0.4 is 0 Å². The van der Waals surface area contributed by atoms with Crippen molar-refractivity contribution >= 4 is 23.4 Å². The number of nitrogens with zero attached hydrogens (tertiary/aromatic N) is 3. The van der Waals surface area contributed by atoms with E-state index >= 15 is 0 Å². The number of hydrogen-bond acceptors (Lipinski definition) is 5. The first kappa shape index (κ1) is 11.5. The van der Waals surface area contributed by atoms with Crippen molar-refractivity contribution in [2.75, 3.05) is 0 Å². The summed E-state index contributed by atoms with van der Waals surface area (Å²) in [4.78, 5) is 10.9. The second-order valence-electron chi connectivity index (χ2n) is 2.59. The minimum atomic E-state index is -1.36. The molecule has 16 heavy (non-hydrogen) atoms. The Morgan fingerprint density at radius 1 is 1.38 bits per heavy atom. The fraction of sp³-hybridized carbons (Fsp3) is 0. The van der Waals surface area contributed by atoms with Gasteiger partial charge in [-0.1, -0.05) is 0 Å². The molecule has 1 aromatic heterocycles. The zero-order chi connectivity index (χ0) is 12.1. The lowest BCUT2D eigenvalue weighted by atomic mass is 10.1. The van der Waals surface area contributed by atoms with E-state index in [0.29, 0.717) is 4.88 Å². The maximum absolute atomic E-state index is 10.6. The molecule has 5 nitrogen and oxygen atoms in total. The zero-order valence-electron chi connectivity index (χ0n) is 7.76. The van der Waals surface area contributed by atoms with Crippen molar-refractivity contribution in [1.29, 1.82) is 15.8 Å². The van der Waals surface area contributed by atoms with Gasteiger partial charge in [-0.05, 0) is 6.08 Å². The summed E-state index contributed by atoms with van der Waals surface area (Å²) < 4.78 is 0. The van der Waals surface area contributed by atoms with Crippen molar-refractivity contribution in [3.8, 4) is 18.2 Å². The fourth-order valence-electron chi connectivity index (χ4n) is 0.950. The molecule has 0 aromatic carbocycles. The van der Waals surface area contributed by atoms with Crippen molar-refractivity contribution in [3.05, 3.63) is 27.0 Å². The van der Waals surface area contributed by atoms with Crippen LogP contribution in [-0.4, -0.2) is 11.1 Å². The molecule has 6 heteroatoms. The molecule has 1 N–H and O–H groups in total. The van der Waals surface area contributed by atoms with E-state index in [1.54, 1.807) is 6.07 Å². The Morgan fingerprint density at radius 2 is 2.06 bits per heavy atom. The van der Waals surface area contributed by atoms with E-state index in [2.05, 4.69) is 0 Å². The first-order chi connectivity index (χ1) is 7.63. The molecule has 1 aromatic rings. The van der Waals surface area contributed by atoms with E-state index in [9.17, 15) is 4.79 Å². The molecular weight excluding hydrogens is 226 g/mol. The molecule has 0 radical (unpaired) electrons. The van der Waals surface area contributed by atoms with Crippen LogP contribution in [-0.2, 0) is 4.79 Å². The van der Waals surface area contributed by atoms with Crippen molar-refractivity contribution in [2.24, 2.45) is 0 Å². The normalized spacial score (nSPS) is 9.94. The van der Waals surface area contributed by atoms with E-state index in [1.807, 2.05) is 6.07 Å². The first-order valence-corrected chi connectivity index (χ1v) is 4.78. The standard InChI is InChI=1S/C10H3N3O2S/c11-2-6(10(14)15)1-9-8(4-13)7(3-12)5-16-9/h1,5H,(H,14,15). The molecule has 0 bridgehead atoms. The molecule has 0 fully saturated rings. The van der Waals surface area contributed by atoms with Gasteiger partial charge in [0.15, 0.2) is 0 Å². The molecular formula is C10H3N3O2S. The minimum absolute atomic E-state index is 0.0986. The molecule has 0 aliphatic carbocycles. The predicted molar refractivity (Wildman–Crippen MR) is 55.0 cm³/mol. The Hall–Kier alpha value is -2.62. The summed E-state index contributed by atoms with van der Waals surface area (Å²) in [5, 5.41) is 36.1. The molecule has 0 amide bonds. The molecule has 76 valence electrons. The van der Waals surface area contributed by atoms with Crippen LogP contribution in [0.2, 0.25) is 0 Å². The number of nitriles is 3. The lowest BCUT2D eigenvalue weighted by Gasteiger charge is -1.90. The number of aliphatic carboxylic acids is 1. The van der Waals surface area contributed by atoms with E-state index in [0.717, 1.165) is 17.4 Å². The van der Waals surface area contributed by atoms with Gasteiger partial charge in [-0.25, -0.2) is 4.79 Å². The quantitative estimate of drug-likeness (QED) is 0.610. The molecule has 0 saturated heterocycles. The van der Waals surface area contributed by atoms with Gasteiger partial charge in [0.05, 0.1) is 11.1 Å². The first-order valence-electron chi connectivity index (χ1n) is 3.90. The Labute approximate surface area is 94.7 Å². The fourth-order valence-corrected chi connectivity index (χ4v) is 1.82. The van der Waals surface area contributed by atoms with E-state index in [4.69, 9.17) is 20.9 Å². The summed E-state index contributed by atoms with van der Waals surface area (Å²) in [5.74, 6) is -1.36. The molecule has 0 spiro atoms. The number of carboxylic acids is 1. The SMILES string of the molecule is N#CC(=Cc1scc(C#N)c1C#N)C(=O)O. The molecule has 1 rings (SSSR count). The van der Waals surface area contributed by atoms with E-state index in [1.165, 1.54) is 11.4 Å². The summed E-state index contributed by atoms with van der Waals surface area (Å²) >= 11 is 1.05. The average Bonchev–Trinajstić information content (AvgIpc) is 2.67. The topological polar surface area (TPSA) is 109 Å². The molecule has 0 unspecified atom stereocenters. The Kier molecular flexibility index (Phi) is 3.40. The second kappa shape index (κ2) is 4.75. The number of hydrogen-bond donors (Lipinski definition) is 1. The van der Waals surface area contributed by atoms with Crippen LogP contribution in [0.4, 0.5) is 0 Å². The van der Waals surface area contributed by atoms with Crippen molar-refractivity contribution < 1.29 is 9.90 Å². The highest BCUT2D eigenvalue weighted by molar-refractivity contribution is 7.11. The number of rotatable bonds is 2. The lowest BCUT2D eigenvalue weighted by Crippen LogP contribution is -1.97. The minimum Gasteiger partial charge on any atom is -0.477 e. The second-order valence-corrected chi connectivity index (χ2v) is 3.50. The van der Waals surface area contributed by atoms with Crippen molar-refractivity contribution in [1.82, 2.24) is 0 Å². The van der Waals surface area contributed by atoms with Gasteiger partial charge in [-0.3, -0.25) is 0 Å². The smallest absolute Gasteiger partial charge is 0.346 e. The van der Waals surface area contributed by atoms with Crippen LogP contribution in [0.25, 0.3) is 6.08 Å². The molecule has 0 aliphatic heterocycles. The summed E-state index contributed by atoms with van der Waals surface area (Å²) in [6.07, 6.45) is 1.09. The molecule has 0 atom stereocenters. The highest BCUT2D eigenvalue weighted by atomic mass is 32.1. The third-order valence-corrected chi connectivity index (χ3v) is 2.61.